The molecule has 0 saturated heterocycles. The number of aromatic nitrogens is 2. The summed E-state index contributed by atoms with van der Waals surface area (Å²) in [7, 11) is 3.99. The molecule has 1 N–H and O–H groups in total. The summed E-state index contributed by atoms with van der Waals surface area (Å²) < 4.78 is 1.75. The average Bonchev–Trinajstić information content (AvgIpc) is 3.21. The molecule has 3 heterocycles. The zero-order chi connectivity index (χ0) is 19.1. The maximum absolute atomic E-state index is 13.0. The Balaban J connectivity index is 1.72. The highest BCUT2D eigenvalue weighted by molar-refractivity contribution is 7.20. The Bertz CT molecular complexity index is 1100. The number of rotatable bonds is 4. The summed E-state index contributed by atoms with van der Waals surface area (Å²) in [6.07, 6.45) is 1.77. The summed E-state index contributed by atoms with van der Waals surface area (Å²) in [5.74, 6) is 0.642. The summed E-state index contributed by atoms with van der Waals surface area (Å²) in [5, 5.41) is 3.60. The average molecular weight is 382 g/mol. The number of benzene rings is 1. The Morgan fingerprint density at radius 3 is 2.89 bits per heavy atom. The van der Waals surface area contributed by atoms with Crippen molar-refractivity contribution >= 4 is 33.1 Å². The van der Waals surface area contributed by atoms with Crippen molar-refractivity contribution in [3.05, 3.63) is 56.4 Å². The van der Waals surface area contributed by atoms with Gasteiger partial charge in [-0.1, -0.05) is 18.2 Å². The normalized spacial score (nSPS) is 13.3. The van der Waals surface area contributed by atoms with Gasteiger partial charge in [0.25, 0.3) is 11.5 Å². The van der Waals surface area contributed by atoms with Gasteiger partial charge in [-0.05, 0) is 44.6 Å². The van der Waals surface area contributed by atoms with Gasteiger partial charge in [0.15, 0.2) is 0 Å². The highest BCUT2D eigenvalue weighted by Gasteiger charge is 2.23. The van der Waals surface area contributed by atoms with Crippen molar-refractivity contribution in [3.63, 3.8) is 0 Å². The summed E-state index contributed by atoms with van der Waals surface area (Å²) in [4.78, 5) is 33.7. The van der Waals surface area contributed by atoms with E-state index in [1.165, 1.54) is 11.3 Å². The molecular formula is C20H22N4O2S. The Hall–Kier alpha value is -2.51. The lowest BCUT2D eigenvalue weighted by molar-refractivity contribution is 0.103. The maximum atomic E-state index is 13.0. The van der Waals surface area contributed by atoms with Gasteiger partial charge in [0.1, 0.15) is 10.7 Å². The first kappa shape index (κ1) is 17.9. The number of nitrogens with zero attached hydrogens (tertiary/aromatic N) is 3. The third-order valence-electron chi connectivity index (χ3n) is 4.87. The largest absolute Gasteiger partial charge is 0.321 e. The van der Waals surface area contributed by atoms with E-state index in [1.807, 2.05) is 45.3 Å². The number of amides is 1. The van der Waals surface area contributed by atoms with Crippen molar-refractivity contribution in [2.75, 3.05) is 19.4 Å². The molecule has 27 heavy (non-hydrogen) atoms. The molecule has 0 radical (unpaired) electrons. The van der Waals surface area contributed by atoms with Gasteiger partial charge in [-0.3, -0.25) is 14.2 Å². The topological polar surface area (TPSA) is 67.2 Å². The second-order valence-electron chi connectivity index (χ2n) is 7.17. The molecule has 1 aliphatic heterocycles. The quantitative estimate of drug-likeness (QED) is 0.753. The lowest BCUT2D eigenvalue weighted by Gasteiger charge is -2.14. The lowest BCUT2D eigenvalue weighted by Crippen LogP contribution is -2.21. The number of carbonyl (C=O) groups excluding carboxylic acids is 1. The van der Waals surface area contributed by atoms with E-state index in [1.54, 1.807) is 4.57 Å². The van der Waals surface area contributed by atoms with Crippen molar-refractivity contribution in [1.29, 1.82) is 0 Å². The second kappa shape index (κ2) is 6.90. The summed E-state index contributed by atoms with van der Waals surface area (Å²) in [5.41, 5.74) is 2.54. The van der Waals surface area contributed by atoms with Crippen LogP contribution in [0.2, 0.25) is 0 Å². The molecule has 1 aromatic carbocycles. The molecule has 0 bridgehead atoms. The lowest BCUT2D eigenvalue weighted by atomic mass is 10.1. The second-order valence-corrected chi connectivity index (χ2v) is 8.17. The van der Waals surface area contributed by atoms with Crippen molar-refractivity contribution in [3.8, 4) is 0 Å². The molecule has 3 aromatic rings. The van der Waals surface area contributed by atoms with Gasteiger partial charge in [0.05, 0.1) is 10.3 Å². The van der Waals surface area contributed by atoms with Gasteiger partial charge in [-0.25, -0.2) is 4.98 Å². The molecule has 0 saturated carbocycles. The Morgan fingerprint density at radius 2 is 2.11 bits per heavy atom. The Kier molecular flexibility index (Phi) is 4.57. The molecule has 140 valence electrons. The molecule has 1 amide bonds. The molecule has 0 fully saturated rings. The number of aryl methyl sites for hydroxylation is 2. The van der Waals surface area contributed by atoms with E-state index >= 15 is 0 Å². The number of hydrogen-bond acceptors (Lipinski definition) is 5. The van der Waals surface area contributed by atoms with Gasteiger partial charge in [-0.15, -0.1) is 11.3 Å². The van der Waals surface area contributed by atoms with Crippen LogP contribution in [0, 0.1) is 6.92 Å². The monoisotopic (exact) mass is 382 g/mol. The number of fused-ring (bicyclic) bond motifs is 2. The fourth-order valence-electron chi connectivity index (χ4n) is 3.59. The molecule has 0 aliphatic carbocycles. The third kappa shape index (κ3) is 3.17. The molecular weight excluding hydrogens is 360 g/mol. The van der Waals surface area contributed by atoms with Crippen LogP contribution < -0.4 is 10.9 Å². The van der Waals surface area contributed by atoms with Crippen LogP contribution in [0.1, 0.15) is 33.0 Å². The number of anilines is 1. The van der Waals surface area contributed by atoms with E-state index in [0.29, 0.717) is 21.6 Å². The molecule has 4 rings (SSSR count). The minimum Gasteiger partial charge on any atom is -0.321 e. The Morgan fingerprint density at radius 1 is 1.33 bits per heavy atom. The minimum atomic E-state index is -0.189. The van der Waals surface area contributed by atoms with Gasteiger partial charge in [0.2, 0.25) is 0 Å². The Labute approximate surface area is 161 Å². The first-order chi connectivity index (χ1) is 13.0. The van der Waals surface area contributed by atoms with Gasteiger partial charge < -0.3 is 10.2 Å². The van der Waals surface area contributed by atoms with Crippen LogP contribution in [-0.4, -0.2) is 34.5 Å². The fraction of sp³-hybridized carbons (Fsp3) is 0.350. The van der Waals surface area contributed by atoms with Crippen LogP contribution in [-0.2, 0) is 19.5 Å². The SMILES string of the molecule is Cc1c(C(=O)Nc2ccccc2CN(C)C)sc2nc3n(c(=O)c12)CCC3. The van der Waals surface area contributed by atoms with Gasteiger partial charge in [-0.2, -0.15) is 0 Å². The van der Waals surface area contributed by atoms with Crippen molar-refractivity contribution in [1.82, 2.24) is 14.5 Å². The number of hydrogen-bond donors (Lipinski definition) is 1. The number of nitrogens with one attached hydrogen (secondary N) is 1. The van der Waals surface area contributed by atoms with Crippen LogP contribution in [0.5, 0.6) is 0 Å². The van der Waals surface area contributed by atoms with Crippen LogP contribution in [0.4, 0.5) is 5.69 Å². The summed E-state index contributed by atoms with van der Waals surface area (Å²) in [6.45, 7) is 3.29. The van der Waals surface area contributed by atoms with Crippen LogP contribution >= 0.6 is 11.3 Å². The fourth-order valence-corrected chi connectivity index (χ4v) is 4.68. The first-order valence-corrected chi connectivity index (χ1v) is 9.84. The zero-order valence-electron chi connectivity index (χ0n) is 15.7. The first-order valence-electron chi connectivity index (χ1n) is 9.02. The van der Waals surface area contributed by atoms with Gasteiger partial charge in [0, 0.05) is 25.2 Å². The van der Waals surface area contributed by atoms with Crippen LogP contribution in [0.3, 0.4) is 0 Å². The summed E-state index contributed by atoms with van der Waals surface area (Å²) >= 11 is 1.30. The predicted octanol–water partition coefficient (Wildman–Crippen LogP) is 3.03. The highest BCUT2D eigenvalue weighted by Crippen LogP contribution is 2.29. The van der Waals surface area contributed by atoms with Crippen molar-refractivity contribution in [2.24, 2.45) is 0 Å². The van der Waals surface area contributed by atoms with E-state index < -0.39 is 0 Å². The van der Waals surface area contributed by atoms with Crippen molar-refractivity contribution in [2.45, 2.75) is 32.9 Å². The number of thiophene rings is 1. The molecule has 7 heteroatoms. The summed E-state index contributed by atoms with van der Waals surface area (Å²) in [6, 6.07) is 7.78. The third-order valence-corrected chi connectivity index (χ3v) is 6.05. The van der Waals surface area contributed by atoms with E-state index in [4.69, 9.17) is 0 Å². The number of carbonyl (C=O) groups is 1. The van der Waals surface area contributed by atoms with E-state index in [2.05, 4.69) is 15.2 Å². The zero-order valence-corrected chi connectivity index (χ0v) is 16.5. The molecule has 1 aliphatic rings. The predicted molar refractivity (Wildman–Crippen MR) is 109 cm³/mol. The van der Waals surface area contributed by atoms with E-state index in [-0.39, 0.29) is 11.5 Å². The molecule has 0 atom stereocenters. The molecule has 2 aromatic heterocycles. The molecule has 0 spiro atoms. The van der Waals surface area contributed by atoms with Crippen molar-refractivity contribution < 1.29 is 4.79 Å². The number of para-hydroxylation sites is 1. The minimum absolute atomic E-state index is 0.0201. The highest BCUT2D eigenvalue weighted by atomic mass is 32.1. The standard InChI is InChI=1S/C20H22N4O2S/c1-12-16-19(22-15-9-6-10-24(15)20(16)26)27-17(12)18(25)21-14-8-5-4-7-13(14)11-23(2)3/h4-5,7-8H,6,9-11H2,1-3H3,(H,21,25). The molecule has 0 unspecified atom stereocenters. The smallest absolute Gasteiger partial charge is 0.266 e. The maximum Gasteiger partial charge on any atom is 0.266 e. The molecule has 6 nitrogen and oxygen atoms in total. The van der Waals surface area contributed by atoms with Crippen LogP contribution in [0.25, 0.3) is 10.2 Å². The van der Waals surface area contributed by atoms with E-state index in [9.17, 15) is 9.59 Å². The van der Waals surface area contributed by atoms with Gasteiger partial charge >= 0.3 is 0 Å². The van der Waals surface area contributed by atoms with Crippen LogP contribution in [0.15, 0.2) is 29.1 Å². The van der Waals surface area contributed by atoms with E-state index in [0.717, 1.165) is 42.0 Å².